The summed E-state index contributed by atoms with van der Waals surface area (Å²) in [5.74, 6) is -0.877. The van der Waals surface area contributed by atoms with Crippen molar-refractivity contribution >= 4 is 31.8 Å². The van der Waals surface area contributed by atoms with Crippen LogP contribution in [0.3, 0.4) is 0 Å². The van der Waals surface area contributed by atoms with Crippen LogP contribution in [0.25, 0.3) is 0 Å². The Hall–Kier alpha value is -5.22. The Morgan fingerprint density at radius 1 is 0.519 bits per heavy atom. The minimum atomic E-state index is -4.83. The Labute approximate surface area is 301 Å². The molecule has 0 aromatic heterocycles. The van der Waals surface area contributed by atoms with Gasteiger partial charge in [0.15, 0.2) is 11.2 Å². The lowest BCUT2D eigenvalue weighted by Crippen LogP contribution is -2.41. The molecule has 5 rings (SSSR count). The van der Waals surface area contributed by atoms with Crippen molar-refractivity contribution in [1.82, 2.24) is 0 Å². The molecule has 0 aliphatic carbocycles. The van der Waals surface area contributed by atoms with Crippen molar-refractivity contribution in [2.24, 2.45) is 0 Å². The Morgan fingerprint density at radius 3 is 1.19 bits per heavy atom. The van der Waals surface area contributed by atoms with Gasteiger partial charge in [-0.25, -0.2) is 0 Å². The molecule has 0 saturated heterocycles. The van der Waals surface area contributed by atoms with Crippen molar-refractivity contribution in [1.29, 1.82) is 0 Å². The van der Waals surface area contributed by atoms with E-state index in [2.05, 4.69) is 0 Å². The summed E-state index contributed by atoms with van der Waals surface area (Å²) in [6.07, 6.45) is 0. The van der Waals surface area contributed by atoms with Gasteiger partial charge in [0.25, 0.3) is 20.2 Å². The van der Waals surface area contributed by atoms with Crippen LogP contribution in [-0.2, 0) is 39.8 Å². The second-order valence-corrected chi connectivity index (χ2v) is 14.7. The van der Waals surface area contributed by atoms with E-state index >= 15 is 0 Å². The van der Waals surface area contributed by atoms with Crippen LogP contribution < -0.4 is 9.47 Å². The summed E-state index contributed by atoms with van der Waals surface area (Å²) in [5, 5.41) is 23.4. The number of hydrogen-bond donors (Lipinski definition) is 2. The van der Waals surface area contributed by atoms with E-state index in [9.17, 15) is 36.6 Å². The monoisotopic (exact) mass is 746 g/mol. The predicted octanol–water partition coefficient (Wildman–Crippen LogP) is 4.66. The summed E-state index contributed by atoms with van der Waals surface area (Å²) < 4.78 is 74.5. The molecule has 12 nitrogen and oxygen atoms in total. The maximum atomic E-state index is 13.6. The molecule has 0 radical (unpaired) electrons. The highest BCUT2D eigenvalue weighted by molar-refractivity contribution is 7.87. The minimum Gasteiger partial charge on any atom is -0.497 e. The number of methoxy groups -OCH3 is 2. The first-order valence-electron chi connectivity index (χ1n) is 15.6. The van der Waals surface area contributed by atoms with Gasteiger partial charge in [0.05, 0.1) is 24.0 Å². The van der Waals surface area contributed by atoms with Crippen molar-refractivity contribution in [2.45, 2.75) is 21.0 Å². The largest absolute Gasteiger partial charge is 0.497 e. The third-order valence-electron chi connectivity index (χ3n) is 8.19. The summed E-state index contributed by atoms with van der Waals surface area (Å²) >= 11 is 0. The number of benzene rings is 5. The minimum absolute atomic E-state index is 0.0106. The van der Waals surface area contributed by atoms with Crippen molar-refractivity contribution in [2.75, 3.05) is 27.4 Å². The average Bonchev–Trinajstić information content (AvgIpc) is 3.19. The standard InChI is InChI=1S/C38H34O12S2/c1-47-31-20-16-29(17-21-31)37(41,35(39)27-10-5-3-6-11-27)25-49-51(43,44)33-14-9-15-34(24-33)52(45,46)50-26-38(42,30-18-22-32(48-2)23-19-30)36(40)28-12-7-4-8-13-28/h3-24,41-42H,25-26H2,1-2H3. The summed E-state index contributed by atoms with van der Waals surface area (Å²) in [7, 11) is -6.80. The fourth-order valence-electron chi connectivity index (χ4n) is 5.20. The molecule has 0 aliphatic rings. The number of hydrogen-bond acceptors (Lipinski definition) is 12. The molecule has 0 bridgehead atoms. The van der Waals surface area contributed by atoms with E-state index in [1.165, 1.54) is 87.0 Å². The average molecular weight is 747 g/mol. The van der Waals surface area contributed by atoms with Crippen LogP contribution in [0, 0.1) is 0 Å². The zero-order chi connectivity index (χ0) is 37.6. The number of ether oxygens (including phenoxy) is 2. The van der Waals surface area contributed by atoms with Crippen LogP contribution in [0.4, 0.5) is 0 Å². The Morgan fingerprint density at radius 2 is 0.865 bits per heavy atom. The normalized spacial score (nSPS) is 14.1. The lowest BCUT2D eigenvalue weighted by Gasteiger charge is -2.27. The molecule has 0 fully saturated rings. The number of Topliss-reactive ketones (excluding diaryl/α,β-unsaturated/α-hetero) is 2. The zero-order valence-electron chi connectivity index (χ0n) is 27.9. The molecule has 0 saturated carbocycles. The van der Waals surface area contributed by atoms with Gasteiger partial charge in [-0.2, -0.15) is 16.8 Å². The van der Waals surface area contributed by atoms with Crippen LogP contribution in [-0.4, -0.2) is 66.0 Å². The van der Waals surface area contributed by atoms with E-state index in [4.69, 9.17) is 17.8 Å². The second-order valence-electron chi connectivity index (χ2n) is 11.5. The maximum absolute atomic E-state index is 13.6. The zero-order valence-corrected chi connectivity index (χ0v) is 29.5. The van der Waals surface area contributed by atoms with Crippen LogP contribution in [0.5, 0.6) is 11.5 Å². The topological polar surface area (TPSA) is 180 Å². The number of aliphatic hydroxyl groups is 2. The molecule has 2 atom stereocenters. The third-order valence-corrected chi connectivity index (χ3v) is 10.7. The van der Waals surface area contributed by atoms with Crippen molar-refractivity contribution < 1.29 is 54.5 Å². The highest BCUT2D eigenvalue weighted by Gasteiger charge is 2.42. The van der Waals surface area contributed by atoms with Crippen LogP contribution >= 0.6 is 0 Å². The molecule has 52 heavy (non-hydrogen) atoms. The van der Waals surface area contributed by atoms with E-state index in [1.54, 1.807) is 36.4 Å². The summed E-state index contributed by atoms with van der Waals surface area (Å²) in [4.78, 5) is 25.9. The second kappa shape index (κ2) is 15.6. The SMILES string of the molecule is COc1ccc(C(O)(COS(=O)(=O)c2cccc(S(=O)(=O)OCC(O)(C(=O)c3ccccc3)c3ccc(OC)cc3)c2)C(=O)c2ccccc2)cc1. The highest BCUT2D eigenvalue weighted by atomic mass is 32.2. The third kappa shape index (κ3) is 8.12. The van der Waals surface area contributed by atoms with Gasteiger partial charge in [-0.15, -0.1) is 0 Å². The molecule has 0 heterocycles. The molecule has 14 heteroatoms. The number of carbonyl (C=O) groups is 2. The van der Waals surface area contributed by atoms with Crippen LogP contribution in [0.1, 0.15) is 31.8 Å². The van der Waals surface area contributed by atoms with E-state index < -0.39 is 66.0 Å². The van der Waals surface area contributed by atoms with Crippen LogP contribution in [0.2, 0.25) is 0 Å². The van der Waals surface area contributed by atoms with Crippen molar-refractivity contribution in [3.63, 3.8) is 0 Å². The molecular formula is C38H34O12S2. The van der Waals surface area contributed by atoms with Crippen molar-refractivity contribution in [3.8, 4) is 11.5 Å². The first-order valence-corrected chi connectivity index (χ1v) is 18.4. The summed E-state index contributed by atoms with van der Waals surface area (Å²) in [6.45, 7) is -2.14. The maximum Gasteiger partial charge on any atom is 0.297 e. The van der Waals surface area contributed by atoms with E-state index in [0.29, 0.717) is 11.5 Å². The molecule has 5 aromatic rings. The Bertz CT molecular complexity index is 2080. The number of carbonyl (C=O) groups excluding carboxylic acids is 2. The van der Waals surface area contributed by atoms with Crippen molar-refractivity contribution in [3.05, 3.63) is 156 Å². The molecule has 0 spiro atoms. The predicted molar refractivity (Wildman–Crippen MR) is 188 cm³/mol. The molecular weight excluding hydrogens is 713 g/mol. The number of rotatable bonds is 16. The van der Waals surface area contributed by atoms with Crippen LogP contribution in [0.15, 0.2) is 143 Å². The Balaban J connectivity index is 1.41. The van der Waals surface area contributed by atoms with Gasteiger partial charge in [0.2, 0.25) is 11.6 Å². The smallest absolute Gasteiger partial charge is 0.297 e. The van der Waals surface area contributed by atoms with Gasteiger partial charge in [-0.05, 0) is 53.6 Å². The molecule has 0 aliphatic heterocycles. The van der Waals surface area contributed by atoms with E-state index in [-0.39, 0.29) is 22.3 Å². The molecule has 270 valence electrons. The Kier molecular flexibility index (Phi) is 11.4. The molecule has 0 amide bonds. The first kappa shape index (κ1) is 38.0. The lowest BCUT2D eigenvalue weighted by atomic mass is 9.86. The van der Waals surface area contributed by atoms with Gasteiger partial charge in [0.1, 0.15) is 24.7 Å². The van der Waals surface area contributed by atoms with E-state index in [1.807, 2.05) is 0 Å². The molecule has 2 N–H and O–H groups in total. The summed E-state index contributed by atoms with van der Waals surface area (Å²) in [6, 6.07) is 30.8. The molecule has 2 unspecified atom stereocenters. The quantitative estimate of drug-likeness (QED) is 0.106. The highest BCUT2D eigenvalue weighted by Crippen LogP contribution is 2.32. The van der Waals surface area contributed by atoms with Gasteiger partial charge in [-0.3, -0.25) is 18.0 Å². The first-order chi connectivity index (χ1) is 24.7. The number of ketones is 2. The van der Waals surface area contributed by atoms with Gasteiger partial charge in [0, 0.05) is 11.1 Å². The van der Waals surface area contributed by atoms with E-state index in [0.717, 1.165) is 24.3 Å². The fourth-order valence-corrected chi connectivity index (χ4v) is 7.23. The van der Waals surface area contributed by atoms with Gasteiger partial charge >= 0.3 is 0 Å². The van der Waals surface area contributed by atoms with Gasteiger partial charge < -0.3 is 19.7 Å². The van der Waals surface area contributed by atoms with Gasteiger partial charge in [-0.1, -0.05) is 91.0 Å². The summed E-state index contributed by atoms with van der Waals surface area (Å²) in [5.41, 5.74) is -4.82. The fraction of sp³-hybridized carbons (Fsp3) is 0.158. The lowest BCUT2D eigenvalue weighted by molar-refractivity contribution is 0.00406. The molecule has 5 aromatic carbocycles.